The summed E-state index contributed by atoms with van der Waals surface area (Å²) in [5.41, 5.74) is 7.89. The van der Waals surface area contributed by atoms with Crippen molar-refractivity contribution in [2.45, 2.75) is 19.3 Å². The molecule has 0 amide bonds. The Bertz CT molecular complexity index is 628. The van der Waals surface area contributed by atoms with Crippen LogP contribution in [0.2, 0.25) is 0 Å². The summed E-state index contributed by atoms with van der Waals surface area (Å²) in [6, 6.07) is 13.2. The molecule has 0 unspecified atom stereocenters. The highest BCUT2D eigenvalue weighted by atomic mass is 14.4. The second-order valence-electron chi connectivity index (χ2n) is 5.64. The molecule has 0 aromatic heterocycles. The van der Waals surface area contributed by atoms with Crippen LogP contribution in [0.1, 0.15) is 36.1 Å². The van der Waals surface area contributed by atoms with Gasteiger partial charge in [-0.15, -0.1) is 0 Å². The minimum atomic E-state index is 0.0444. The molecule has 0 nitrogen and oxygen atoms in total. The van der Waals surface area contributed by atoms with Crippen molar-refractivity contribution in [1.82, 2.24) is 0 Å². The normalized spacial score (nSPS) is 14.6. The lowest BCUT2D eigenvalue weighted by atomic mass is 9.81. The molecule has 3 rings (SSSR count). The fourth-order valence-corrected chi connectivity index (χ4v) is 3.03. The highest BCUT2D eigenvalue weighted by Gasteiger charge is 2.35. The SMILES string of the molecule is C=Cc1ccc2c(c1)C(C)(C)c1cc(C=C)ccc1-2. The van der Waals surface area contributed by atoms with E-state index in [0.29, 0.717) is 0 Å². The molecule has 2 aromatic carbocycles. The average molecular weight is 246 g/mol. The molecule has 2 aromatic rings. The monoisotopic (exact) mass is 246 g/mol. The standard InChI is InChI=1S/C19H18/c1-5-13-7-9-15-16-10-8-14(6-2)12-18(16)19(3,4)17(15)11-13/h5-12H,1-2H2,3-4H3. The van der Waals surface area contributed by atoms with E-state index in [1.54, 1.807) is 0 Å². The maximum atomic E-state index is 3.87. The predicted molar refractivity (Wildman–Crippen MR) is 84.2 cm³/mol. The molecular formula is C19H18. The van der Waals surface area contributed by atoms with E-state index in [0.717, 1.165) is 0 Å². The Kier molecular flexibility index (Phi) is 2.50. The van der Waals surface area contributed by atoms with Gasteiger partial charge < -0.3 is 0 Å². The molecule has 0 saturated carbocycles. The molecule has 0 bridgehead atoms. The Labute approximate surface area is 115 Å². The second kappa shape index (κ2) is 3.96. The van der Waals surface area contributed by atoms with E-state index in [2.05, 4.69) is 63.4 Å². The van der Waals surface area contributed by atoms with Gasteiger partial charge in [0.25, 0.3) is 0 Å². The van der Waals surface area contributed by atoms with Crippen molar-refractivity contribution < 1.29 is 0 Å². The lowest BCUT2D eigenvalue weighted by molar-refractivity contribution is 0.660. The Hall–Kier alpha value is -2.08. The topological polar surface area (TPSA) is 0 Å². The molecule has 0 heterocycles. The van der Waals surface area contributed by atoms with E-state index in [9.17, 15) is 0 Å². The Morgan fingerprint density at radius 3 is 1.58 bits per heavy atom. The number of fused-ring (bicyclic) bond motifs is 3. The highest BCUT2D eigenvalue weighted by molar-refractivity contribution is 5.82. The number of hydrogen-bond donors (Lipinski definition) is 0. The first-order valence-corrected chi connectivity index (χ1v) is 6.62. The van der Waals surface area contributed by atoms with Crippen LogP contribution >= 0.6 is 0 Å². The van der Waals surface area contributed by atoms with E-state index in [-0.39, 0.29) is 5.41 Å². The molecule has 19 heavy (non-hydrogen) atoms. The lowest BCUT2D eigenvalue weighted by Crippen LogP contribution is -2.15. The summed E-state index contributed by atoms with van der Waals surface area (Å²) in [4.78, 5) is 0. The Balaban J connectivity index is 2.31. The first-order chi connectivity index (χ1) is 9.07. The summed E-state index contributed by atoms with van der Waals surface area (Å²) < 4.78 is 0. The van der Waals surface area contributed by atoms with Crippen LogP contribution in [-0.2, 0) is 5.41 Å². The average Bonchev–Trinajstić information content (AvgIpc) is 2.67. The quantitative estimate of drug-likeness (QED) is 0.676. The van der Waals surface area contributed by atoms with Crippen LogP contribution < -0.4 is 0 Å². The van der Waals surface area contributed by atoms with E-state index in [1.165, 1.54) is 33.4 Å². The Morgan fingerprint density at radius 2 is 1.21 bits per heavy atom. The molecule has 0 atom stereocenters. The van der Waals surface area contributed by atoms with Gasteiger partial charge in [-0.3, -0.25) is 0 Å². The van der Waals surface area contributed by atoms with E-state index < -0.39 is 0 Å². The summed E-state index contributed by atoms with van der Waals surface area (Å²) in [5, 5.41) is 0. The maximum Gasteiger partial charge on any atom is 0.0159 e. The molecule has 0 spiro atoms. The van der Waals surface area contributed by atoms with E-state index in [1.807, 2.05) is 12.2 Å². The zero-order chi connectivity index (χ0) is 13.6. The zero-order valence-corrected chi connectivity index (χ0v) is 11.5. The van der Waals surface area contributed by atoms with Crippen molar-refractivity contribution in [3.63, 3.8) is 0 Å². The molecule has 1 aliphatic carbocycles. The molecule has 0 heteroatoms. The van der Waals surface area contributed by atoms with Crippen molar-refractivity contribution in [1.29, 1.82) is 0 Å². The third-order valence-corrected chi connectivity index (χ3v) is 4.20. The third-order valence-electron chi connectivity index (χ3n) is 4.20. The minimum absolute atomic E-state index is 0.0444. The maximum absolute atomic E-state index is 3.87. The van der Waals surface area contributed by atoms with Crippen LogP contribution in [0.3, 0.4) is 0 Å². The van der Waals surface area contributed by atoms with Crippen molar-refractivity contribution in [2.24, 2.45) is 0 Å². The van der Waals surface area contributed by atoms with Gasteiger partial charge in [0.15, 0.2) is 0 Å². The number of rotatable bonds is 2. The summed E-state index contributed by atoms with van der Waals surface area (Å²) >= 11 is 0. The van der Waals surface area contributed by atoms with Gasteiger partial charge >= 0.3 is 0 Å². The number of hydrogen-bond acceptors (Lipinski definition) is 0. The summed E-state index contributed by atoms with van der Waals surface area (Å²) in [6.07, 6.45) is 3.82. The van der Waals surface area contributed by atoms with Gasteiger partial charge in [-0.1, -0.05) is 75.6 Å². The fourth-order valence-electron chi connectivity index (χ4n) is 3.03. The fraction of sp³-hybridized carbons (Fsp3) is 0.158. The second-order valence-corrected chi connectivity index (χ2v) is 5.64. The highest BCUT2D eigenvalue weighted by Crippen LogP contribution is 2.49. The first kappa shape index (κ1) is 12.0. The first-order valence-electron chi connectivity index (χ1n) is 6.62. The largest absolute Gasteiger partial charge is 0.0985 e. The molecule has 0 N–H and O–H groups in total. The van der Waals surface area contributed by atoms with Gasteiger partial charge in [-0.05, 0) is 33.4 Å². The molecule has 1 aliphatic rings. The molecule has 94 valence electrons. The molecule has 0 fully saturated rings. The van der Waals surface area contributed by atoms with Crippen molar-refractivity contribution in [3.8, 4) is 11.1 Å². The van der Waals surface area contributed by atoms with Crippen molar-refractivity contribution in [3.05, 3.63) is 71.8 Å². The van der Waals surface area contributed by atoms with Crippen LogP contribution in [0, 0.1) is 0 Å². The van der Waals surface area contributed by atoms with Gasteiger partial charge in [0, 0.05) is 5.41 Å². The van der Waals surface area contributed by atoms with Crippen molar-refractivity contribution in [2.75, 3.05) is 0 Å². The molecule has 0 radical (unpaired) electrons. The van der Waals surface area contributed by atoms with E-state index >= 15 is 0 Å². The summed E-state index contributed by atoms with van der Waals surface area (Å²) in [7, 11) is 0. The van der Waals surface area contributed by atoms with Gasteiger partial charge in [-0.2, -0.15) is 0 Å². The molecular weight excluding hydrogens is 228 g/mol. The minimum Gasteiger partial charge on any atom is -0.0985 e. The zero-order valence-electron chi connectivity index (χ0n) is 11.5. The summed E-state index contributed by atoms with van der Waals surface area (Å²) in [5.74, 6) is 0. The molecule has 0 aliphatic heterocycles. The van der Waals surface area contributed by atoms with E-state index in [4.69, 9.17) is 0 Å². The van der Waals surface area contributed by atoms with Crippen molar-refractivity contribution >= 4 is 12.2 Å². The van der Waals surface area contributed by atoms with Gasteiger partial charge in [0.05, 0.1) is 0 Å². The lowest BCUT2D eigenvalue weighted by Gasteiger charge is -2.22. The van der Waals surface area contributed by atoms with Crippen LogP contribution in [0.4, 0.5) is 0 Å². The predicted octanol–water partition coefficient (Wildman–Crippen LogP) is 5.28. The van der Waals surface area contributed by atoms with Gasteiger partial charge in [-0.25, -0.2) is 0 Å². The van der Waals surface area contributed by atoms with Crippen LogP contribution in [0.5, 0.6) is 0 Å². The van der Waals surface area contributed by atoms with Gasteiger partial charge in [0.1, 0.15) is 0 Å². The van der Waals surface area contributed by atoms with Crippen LogP contribution in [-0.4, -0.2) is 0 Å². The Morgan fingerprint density at radius 1 is 0.789 bits per heavy atom. The number of benzene rings is 2. The smallest absolute Gasteiger partial charge is 0.0159 e. The van der Waals surface area contributed by atoms with Crippen LogP contribution in [0.15, 0.2) is 49.6 Å². The van der Waals surface area contributed by atoms with Gasteiger partial charge in [0.2, 0.25) is 0 Å². The summed E-state index contributed by atoms with van der Waals surface area (Å²) in [6.45, 7) is 12.3. The van der Waals surface area contributed by atoms with Crippen LogP contribution in [0.25, 0.3) is 23.3 Å². The third kappa shape index (κ3) is 1.60. The molecule has 0 saturated heterocycles.